The number of nitrogens with one attached hydrogen (secondary N) is 1. The van der Waals surface area contributed by atoms with Gasteiger partial charge in [-0.25, -0.2) is 4.79 Å². The number of anilines is 1. The molecule has 0 bridgehead atoms. The number of fused-ring (bicyclic) bond motifs is 1. The topological polar surface area (TPSA) is 89.6 Å². The Kier molecular flexibility index (Phi) is 3.75. The Morgan fingerprint density at radius 1 is 1.35 bits per heavy atom. The van der Waals surface area contributed by atoms with Crippen LogP contribution in [-0.2, 0) is 6.54 Å². The fraction of sp³-hybridized carbons (Fsp3) is 0.250. The fourth-order valence-corrected chi connectivity index (χ4v) is 3.62. The Morgan fingerprint density at radius 2 is 2.20 bits per heavy atom. The zero-order valence-corrected chi connectivity index (χ0v) is 12.2. The molecule has 2 aromatic heterocycles. The van der Waals surface area contributed by atoms with Crippen LogP contribution in [0.5, 0.6) is 0 Å². The van der Waals surface area contributed by atoms with Gasteiger partial charge in [0.05, 0.1) is 11.0 Å². The van der Waals surface area contributed by atoms with E-state index in [2.05, 4.69) is 15.2 Å². The minimum Gasteiger partial charge on any atom is -0.374 e. The number of nitrogen functional groups attached to an aromatic ring is 1. The molecule has 3 rings (SSSR count). The Morgan fingerprint density at radius 3 is 3.00 bits per heavy atom. The average molecular weight is 307 g/mol. The first-order valence-corrected chi connectivity index (χ1v) is 7.93. The van der Waals surface area contributed by atoms with E-state index in [1.54, 1.807) is 16.3 Å². The molecule has 0 radical (unpaired) electrons. The maximum atomic E-state index is 11.9. The molecule has 0 saturated carbocycles. The molecule has 1 aromatic carbocycles. The Balaban J connectivity index is 1.62. The number of nitrogens with zero attached hydrogens (tertiary/aromatic N) is 3. The number of nitrogens with two attached hydrogens (primary N) is 1. The Hall–Kier alpha value is -1.80. The molecule has 8 heteroatoms. The van der Waals surface area contributed by atoms with E-state index in [1.807, 2.05) is 24.3 Å². The SMILES string of the molecule is Nc1nnc(SCCCn2c(=O)[nH]c3ccccc32)s1. The summed E-state index contributed by atoms with van der Waals surface area (Å²) in [5.41, 5.74) is 7.29. The van der Waals surface area contributed by atoms with Crippen LogP contribution >= 0.6 is 23.1 Å². The van der Waals surface area contributed by atoms with Crippen LogP contribution in [0.25, 0.3) is 11.0 Å². The van der Waals surface area contributed by atoms with E-state index < -0.39 is 0 Å². The molecule has 0 unspecified atom stereocenters. The summed E-state index contributed by atoms with van der Waals surface area (Å²) in [5.74, 6) is 0.876. The fourth-order valence-electron chi connectivity index (χ4n) is 1.99. The van der Waals surface area contributed by atoms with Gasteiger partial charge in [0.15, 0.2) is 4.34 Å². The molecule has 0 spiro atoms. The number of hydrogen-bond donors (Lipinski definition) is 2. The van der Waals surface area contributed by atoms with E-state index in [-0.39, 0.29) is 5.69 Å². The summed E-state index contributed by atoms with van der Waals surface area (Å²) in [5, 5.41) is 8.20. The minimum absolute atomic E-state index is 0.0589. The third-order valence-electron chi connectivity index (χ3n) is 2.86. The Bertz CT molecular complexity index is 775. The number of para-hydroxylation sites is 2. The lowest BCUT2D eigenvalue weighted by molar-refractivity contribution is 0.679. The van der Waals surface area contributed by atoms with Gasteiger partial charge in [0.25, 0.3) is 0 Å². The van der Waals surface area contributed by atoms with Crippen LogP contribution < -0.4 is 11.4 Å². The van der Waals surface area contributed by atoms with E-state index in [9.17, 15) is 4.79 Å². The van der Waals surface area contributed by atoms with Crippen LogP contribution in [0.4, 0.5) is 5.13 Å². The summed E-state index contributed by atoms with van der Waals surface area (Å²) in [4.78, 5) is 14.7. The van der Waals surface area contributed by atoms with Crippen LogP contribution in [-0.4, -0.2) is 25.5 Å². The van der Waals surface area contributed by atoms with Gasteiger partial charge in [-0.1, -0.05) is 35.2 Å². The summed E-state index contributed by atoms with van der Waals surface area (Å²) < 4.78 is 2.64. The van der Waals surface area contributed by atoms with Crippen LogP contribution in [0.2, 0.25) is 0 Å². The predicted molar refractivity (Wildman–Crippen MR) is 82.2 cm³/mol. The standard InChI is InChI=1S/C12H13N5OS2/c13-10-15-16-12(20-10)19-7-3-6-17-9-5-2-1-4-8(9)14-11(17)18/h1-2,4-5H,3,6-7H2,(H2,13,15)(H,14,18). The summed E-state index contributed by atoms with van der Waals surface area (Å²) in [7, 11) is 0. The number of aromatic nitrogens is 4. The van der Waals surface area contributed by atoms with Gasteiger partial charge < -0.3 is 10.7 Å². The number of aromatic amines is 1. The quantitative estimate of drug-likeness (QED) is 0.555. The first kappa shape index (κ1) is 13.2. The second-order valence-corrected chi connectivity index (χ2v) is 6.56. The van der Waals surface area contributed by atoms with Crippen LogP contribution in [0.1, 0.15) is 6.42 Å². The van der Waals surface area contributed by atoms with E-state index in [4.69, 9.17) is 5.73 Å². The van der Waals surface area contributed by atoms with Crippen molar-refractivity contribution >= 4 is 39.3 Å². The number of aryl methyl sites for hydroxylation is 1. The van der Waals surface area contributed by atoms with Crippen molar-refractivity contribution in [1.29, 1.82) is 0 Å². The molecule has 0 aliphatic rings. The monoisotopic (exact) mass is 307 g/mol. The van der Waals surface area contributed by atoms with E-state index in [1.165, 1.54) is 11.3 Å². The Labute approximate surface area is 123 Å². The number of H-pyrrole nitrogens is 1. The first-order valence-electron chi connectivity index (χ1n) is 6.13. The van der Waals surface area contributed by atoms with Gasteiger partial charge in [-0.2, -0.15) is 0 Å². The summed E-state index contributed by atoms with van der Waals surface area (Å²) in [6, 6.07) is 7.71. The molecule has 20 heavy (non-hydrogen) atoms. The van der Waals surface area contributed by atoms with E-state index >= 15 is 0 Å². The number of benzene rings is 1. The van der Waals surface area contributed by atoms with Crippen molar-refractivity contribution in [1.82, 2.24) is 19.7 Å². The second-order valence-electron chi connectivity index (χ2n) is 4.21. The summed E-state index contributed by atoms with van der Waals surface area (Å²) in [6.07, 6.45) is 0.881. The molecule has 3 aromatic rings. The molecular weight excluding hydrogens is 294 g/mol. The highest BCUT2D eigenvalue weighted by Crippen LogP contribution is 2.24. The van der Waals surface area contributed by atoms with Crippen molar-refractivity contribution in [3.63, 3.8) is 0 Å². The summed E-state index contributed by atoms with van der Waals surface area (Å²) in [6.45, 7) is 0.685. The molecule has 0 amide bonds. The lowest BCUT2D eigenvalue weighted by Gasteiger charge is -2.02. The van der Waals surface area contributed by atoms with Crippen LogP contribution in [0.3, 0.4) is 0 Å². The van der Waals surface area contributed by atoms with Gasteiger partial charge in [-0.3, -0.25) is 4.57 Å². The molecule has 0 aliphatic carbocycles. The van der Waals surface area contributed by atoms with Crippen molar-refractivity contribution in [2.24, 2.45) is 0 Å². The molecule has 104 valence electrons. The molecule has 2 heterocycles. The average Bonchev–Trinajstić information content (AvgIpc) is 2.98. The molecule has 0 atom stereocenters. The zero-order chi connectivity index (χ0) is 13.9. The van der Waals surface area contributed by atoms with Gasteiger partial charge in [-0.15, -0.1) is 10.2 Å². The third-order valence-corrected chi connectivity index (χ3v) is 4.83. The molecule has 0 fully saturated rings. The zero-order valence-electron chi connectivity index (χ0n) is 10.6. The number of thioether (sulfide) groups is 1. The van der Waals surface area contributed by atoms with Crippen LogP contribution in [0.15, 0.2) is 33.4 Å². The first-order chi connectivity index (χ1) is 9.74. The van der Waals surface area contributed by atoms with Gasteiger partial charge in [0, 0.05) is 12.3 Å². The van der Waals surface area contributed by atoms with Crippen molar-refractivity contribution in [3.05, 3.63) is 34.7 Å². The highest BCUT2D eigenvalue weighted by molar-refractivity contribution is 8.01. The van der Waals surface area contributed by atoms with Crippen LogP contribution in [0, 0.1) is 0 Å². The number of imidazole rings is 1. The minimum atomic E-state index is -0.0589. The van der Waals surface area contributed by atoms with Gasteiger partial charge in [0.1, 0.15) is 0 Å². The smallest absolute Gasteiger partial charge is 0.326 e. The van der Waals surface area contributed by atoms with Crippen molar-refractivity contribution in [2.75, 3.05) is 11.5 Å². The van der Waals surface area contributed by atoms with Crippen molar-refractivity contribution in [3.8, 4) is 0 Å². The molecular formula is C12H13N5OS2. The van der Waals surface area contributed by atoms with Gasteiger partial charge in [-0.05, 0) is 18.6 Å². The molecule has 0 aliphatic heterocycles. The molecule has 6 nitrogen and oxygen atoms in total. The van der Waals surface area contributed by atoms with E-state index in [0.29, 0.717) is 11.7 Å². The summed E-state index contributed by atoms with van der Waals surface area (Å²) >= 11 is 3.00. The maximum Gasteiger partial charge on any atom is 0.326 e. The lowest BCUT2D eigenvalue weighted by atomic mass is 10.3. The lowest BCUT2D eigenvalue weighted by Crippen LogP contribution is -2.17. The van der Waals surface area contributed by atoms with Crippen molar-refractivity contribution < 1.29 is 0 Å². The third kappa shape index (κ3) is 2.70. The van der Waals surface area contributed by atoms with Gasteiger partial charge in [0.2, 0.25) is 5.13 Å². The normalized spacial score (nSPS) is 11.2. The van der Waals surface area contributed by atoms with E-state index in [0.717, 1.165) is 27.5 Å². The number of hydrogen-bond acceptors (Lipinski definition) is 6. The maximum absolute atomic E-state index is 11.9. The largest absolute Gasteiger partial charge is 0.374 e. The molecule has 3 N–H and O–H groups in total. The van der Waals surface area contributed by atoms with Crippen molar-refractivity contribution in [2.45, 2.75) is 17.3 Å². The second kappa shape index (κ2) is 5.68. The number of rotatable bonds is 5. The predicted octanol–water partition coefficient (Wildman–Crippen LogP) is 1.95. The molecule has 0 saturated heterocycles. The van der Waals surface area contributed by atoms with Gasteiger partial charge >= 0.3 is 5.69 Å². The highest BCUT2D eigenvalue weighted by atomic mass is 32.2. The highest BCUT2D eigenvalue weighted by Gasteiger charge is 2.06.